The van der Waals surface area contributed by atoms with E-state index in [1.54, 1.807) is 12.4 Å². The third-order valence-electron chi connectivity index (χ3n) is 5.04. The lowest BCUT2D eigenvalue weighted by Gasteiger charge is -2.32. The van der Waals surface area contributed by atoms with Crippen LogP contribution in [-0.2, 0) is 11.2 Å². The molecule has 0 bridgehead atoms. The molecular formula is C20H23N5O. The van der Waals surface area contributed by atoms with Crippen molar-refractivity contribution in [3.05, 3.63) is 54.0 Å². The standard InChI is InChI=1S/C20H23N5O/c1-14-4-2-5-17-19(14)15(13-23-17)12-18(26)24-16-6-10-25(11-7-16)20-21-8-3-9-22-20/h2-5,8-9,13,16,23H,6-7,10-12H2,1H3,(H,24,26). The van der Waals surface area contributed by atoms with Gasteiger partial charge in [-0.3, -0.25) is 4.79 Å². The SMILES string of the molecule is Cc1cccc2[nH]cc(CC(=O)NC3CCN(c4ncccn4)CC3)c12. The van der Waals surface area contributed by atoms with Crippen molar-refractivity contribution < 1.29 is 4.79 Å². The summed E-state index contributed by atoms with van der Waals surface area (Å²) in [6, 6.07) is 8.20. The summed E-state index contributed by atoms with van der Waals surface area (Å²) in [7, 11) is 0. The Hall–Kier alpha value is -2.89. The number of aromatic nitrogens is 3. The average Bonchev–Trinajstić information content (AvgIpc) is 3.07. The number of nitrogens with zero attached hydrogens (tertiary/aromatic N) is 3. The molecule has 2 aromatic heterocycles. The molecule has 4 rings (SSSR count). The largest absolute Gasteiger partial charge is 0.361 e. The van der Waals surface area contributed by atoms with E-state index in [1.807, 2.05) is 24.4 Å². The number of carbonyl (C=O) groups is 1. The lowest BCUT2D eigenvalue weighted by atomic mass is 10.0. The molecule has 3 aromatic rings. The predicted octanol–water partition coefficient (Wildman–Crippen LogP) is 2.59. The van der Waals surface area contributed by atoms with Gasteiger partial charge in [-0.1, -0.05) is 12.1 Å². The van der Waals surface area contributed by atoms with Gasteiger partial charge in [-0.25, -0.2) is 9.97 Å². The number of carbonyl (C=O) groups excluding carboxylic acids is 1. The van der Waals surface area contributed by atoms with E-state index in [9.17, 15) is 4.79 Å². The molecule has 1 amide bonds. The first-order valence-corrected chi connectivity index (χ1v) is 9.07. The molecule has 0 unspecified atom stereocenters. The molecule has 0 radical (unpaired) electrons. The fourth-order valence-electron chi connectivity index (χ4n) is 3.72. The molecule has 0 atom stereocenters. The molecule has 1 aliphatic heterocycles. The van der Waals surface area contributed by atoms with Gasteiger partial charge in [-0.15, -0.1) is 0 Å². The van der Waals surface area contributed by atoms with Gasteiger partial charge in [0.05, 0.1) is 6.42 Å². The van der Waals surface area contributed by atoms with Crippen LogP contribution >= 0.6 is 0 Å². The molecule has 1 fully saturated rings. The van der Waals surface area contributed by atoms with Crippen molar-refractivity contribution >= 4 is 22.8 Å². The van der Waals surface area contributed by atoms with E-state index in [0.29, 0.717) is 6.42 Å². The monoisotopic (exact) mass is 349 g/mol. The highest BCUT2D eigenvalue weighted by Gasteiger charge is 2.22. The minimum atomic E-state index is 0.0866. The van der Waals surface area contributed by atoms with Crippen LogP contribution < -0.4 is 10.2 Å². The number of anilines is 1. The Labute approximate surface area is 152 Å². The van der Waals surface area contributed by atoms with E-state index in [4.69, 9.17) is 0 Å². The van der Waals surface area contributed by atoms with E-state index in [2.05, 4.69) is 38.2 Å². The summed E-state index contributed by atoms with van der Waals surface area (Å²) in [6.45, 7) is 3.81. The third-order valence-corrected chi connectivity index (χ3v) is 5.04. The zero-order valence-electron chi connectivity index (χ0n) is 14.9. The highest BCUT2D eigenvalue weighted by Crippen LogP contribution is 2.22. The summed E-state index contributed by atoms with van der Waals surface area (Å²) in [5.74, 6) is 0.857. The van der Waals surface area contributed by atoms with Gasteiger partial charge in [0.1, 0.15) is 0 Å². The first-order valence-electron chi connectivity index (χ1n) is 9.07. The van der Waals surface area contributed by atoms with Crippen molar-refractivity contribution in [2.45, 2.75) is 32.2 Å². The van der Waals surface area contributed by atoms with Gasteiger partial charge < -0.3 is 15.2 Å². The molecular weight excluding hydrogens is 326 g/mol. The number of aromatic amines is 1. The van der Waals surface area contributed by atoms with Crippen molar-refractivity contribution in [1.29, 1.82) is 0 Å². The molecule has 1 aromatic carbocycles. The van der Waals surface area contributed by atoms with Crippen LogP contribution in [0.25, 0.3) is 10.9 Å². The smallest absolute Gasteiger partial charge is 0.225 e. The van der Waals surface area contributed by atoms with Gasteiger partial charge in [0.15, 0.2) is 0 Å². The normalized spacial score (nSPS) is 15.3. The first kappa shape index (κ1) is 16.6. The quantitative estimate of drug-likeness (QED) is 0.759. The molecule has 2 N–H and O–H groups in total. The Kier molecular flexibility index (Phi) is 4.56. The van der Waals surface area contributed by atoms with Gasteiger partial charge in [-0.2, -0.15) is 0 Å². The number of hydrogen-bond donors (Lipinski definition) is 2. The summed E-state index contributed by atoms with van der Waals surface area (Å²) in [4.78, 5) is 26.6. The number of amides is 1. The molecule has 6 nitrogen and oxygen atoms in total. The molecule has 1 saturated heterocycles. The number of aryl methyl sites for hydroxylation is 1. The van der Waals surface area contributed by atoms with Crippen LogP contribution in [0.2, 0.25) is 0 Å². The third kappa shape index (κ3) is 3.40. The summed E-state index contributed by atoms with van der Waals surface area (Å²) < 4.78 is 0. The summed E-state index contributed by atoms with van der Waals surface area (Å²) in [5, 5.41) is 4.36. The maximum Gasteiger partial charge on any atom is 0.225 e. The fourth-order valence-corrected chi connectivity index (χ4v) is 3.72. The Morgan fingerprint density at radius 2 is 2.00 bits per heavy atom. The van der Waals surface area contributed by atoms with Crippen molar-refractivity contribution in [2.75, 3.05) is 18.0 Å². The van der Waals surface area contributed by atoms with Crippen LogP contribution in [0.5, 0.6) is 0 Å². The number of nitrogens with one attached hydrogen (secondary N) is 2. The van der Waals surface area contributed by atoms with Gasteiger partial charge in [0.25, 0.3) is 0 Å². The number of fused-ring (bicyclic) bond motifs is 1. The highest BCUT2D eigenvalue weighted by molar-refractivity contribution is 5.91. The van der Waals surface area contributed by atoms with Crippen LogP contribution in [-0.4, -0.2) is 40.0 Å². The number of rotatable bonds is 4. The van der Waals surface area contributed by atoms with E-state index < -0.39 is 0 Å². The Morgan fingerprint density at radius 3 is 2.77 bits per heavy atom. The average molecular weight is 349 g/mol. The van der Waals surface area contributed by atoms with E-state index >= 15 is 0 Å². The lowest BCUT2D eigenvalue weighted by Crippen LogP contribution is -2.45. The number of piperidine rings is 1. The summed E-state index contributed by atoms with van der Waals surface area (Å²) >= 11 is 0. The maximum absolute atomic E-state index is 12.5. The van der Waals surface area contributed by atoms with Crippen LogP contribution in [0.1, 0.15) is 24.0 Å². The Balaban J connectivity index is 1.34. The topological polar surface area (TPSA) is 73.9 Å². The number of H-pyrrole nitrogens is 1. The van der Waals surface area contributed by atoms with Crippen molar-refractivity contribution in [1.82, 2.24) is 20.3 Å². The highest BCUT2D eigenvalue weighted by atomic mass is 16.1. The summed E-state index contributed by atoms with van der Waals surface area (Å²) in [6.07, 6.45) is 7.71. The number of hydrogen-bond acceptors (Lipinski definition) is 4. The van der Waals surface area contributed by atoms with Crippen molar-refractivity contribution in [3.63, 3.8) is 0 Å². The minimum absolute atomic E-state index is 0.0866. The molecule has 0 aliphatic carbocycles. The Morgan fingerprint density at radius 1 is 1.23 bits per heavy atom. The second kappa shape index (κ2) is 7.15. The maximum atomic E-state index is 12.5. The summed E-state index contributed by atoms with van der Waals surface area (Å²) in [5.41, 5.74) is 3.34. The van der Waals surface area contributed by atoms with Gasteiger partial charge >= 0.3 is 0 Å². The van der Waals surface area contributed by atoms with Crippen molar-refractivity contribution in [3.8, 4) is 0 Å². The van der Waals surface area contributed by atoms with E-state index in [1.165, 1.54) is 10.9 Å². The van der Waals surface area contributed by atoms with Gasteiger partial charge in [-0.05, 0) is 43.0 Å². The minimum Gasteiger partial charge on any atom is -0.361 e. The van der Waals surface area contributed by atoms with E-state index in [0.717, 1.165) is 43.0 Å². The number of benzene rings is 1. The van der Waals surface area contributed by atoms with Crippen LogP contribution in [0.3, 0.4) is 0 Å². The molecule has 134 valence electrons. The molecule has 26 heavy (non-hydrogen) atoms. The van der Waals surface area contributed by atoms with Crippen LogP contribution in [0.15, 0.2) is 42.9 Å². The van der Waals surface area contributed by atoms with Gasteiger partial charge in [0, 0.05) is 48.6 Å². The first-order chi connectivity index (χ1) is 12.7. The lowest BCUT2D eigenvalue weighted by molar-refractivity contribution is -0.121. The molecule has 1 aliphatic rings. The predicted molar refractivity (Wildman–Crippen MR) is 102 cm³/mol. The molecule has 3 heterocycles. The second-order valence-corrected chi connectivity index (χ2v) is 6.87. The van der Waals surface area contributed by atoms with E-state index in [-0.39, 0.29) is 11.9 Å². The second-order valence-electron chi connectivity index (χ2n) is 6.87. The van der Waals surface area contributed by atoms with Crippen LogP contribution in [0, 0.1) is 6.92 Å². The molecule has 0 spiro atoms. The Bertz CT molecular complexity index is 897. The zero-order valence-corrected chi connectivity index (χ0v) is 14.9. The van der Waals surface area contributed by atoms with Gasteiger partial charge in [0.2, 0.25) is 11.9 Å². The zero-order chi connectivity index (χ0) is 17.9. The fraction of sp³-hybridized carbons (Fsp3) is 0.350. The molecule has 6 heteroatoms. The van der Waals surface area contributed by atoms with Crippen molar-refractivity contribution in [2.24, 2.45) is 0 Å². The molecule has 0 saturated carbocycles. The van der Waals surface area contributed by atoms with Crippen LogP contribution in [0.4, 0.5) is 5.95 Å².